The molecule has 0 bridgehead atoms. The van der Waals surface area contributed by atoms with Crippen LogP contribution in [0.25, 0.3) is 38.6 Å². The third-order valence-corrected chi connectivity index (χ3v) is 14.8. The van der Waals surface area contributed by atoms with Crippen molar-refractivity contribution < 1.29 is 4.42 Å². The minimum atomic E-state index is -0.727. The first-order valence-corrected chi connectivity index (χ1v) is 22.7. The third-order valence-electron chi connectivity index (χ3n) is 14.8. The van der Waals surface area contributed by atoms with Gasteiger partial charge in [-0.1, -0.05) is 201 Å². The van der Waals surface area contributed by atoms with Crippen LogP contribution >= 0.6 is 0 Å². The number of rotatable bonds is 7. The number of anilines is 2. The van der Waals surface area contributed by atoms with Crippen LogP contribution in [0, 0.1) is 5.92 Å². The average Bonchev–Trinajstić information content (AvgIpc) is 4.08. The summed E-state index contributed by atoms with van der Waals surface area (Å²) in [7, 11) is 0. The molecule has 0 amide bonds. The van der Waals surface area contributed by atoms with Gasteiger partial charge in [0.25, 0.3) is 0 Å². The molecule has 2 heteroatoms. The van der Waals surface area contributed by atoms with Crippen molar-refractivity contribution in [2.45, 2.75) is 29.6 Å². The maximum atomic E-state index is 7.32. The molecule has 2 nitrogen and oxygen atoms in total. The Morgan fingerprint density at radius 2 is 1.31 bits per heavy atom. The Labute approximate surface area is 374 Å². The van der Waals surface area contributed by atoms with E-state index in [0.29, 0.717) is 0 Å². The van der Waals surface area contributed by atoms with E-state index in [0.717, 1.165) is 46.0 Å². The van der Waals surface area contributed by atoms with E-state index in [9.17, 15) is 0 Å². The summed E-state index contributed by atoms with van der Waals surface area (Å²) in [5.74, 6) is 0.327. The van der Waals surface area contributed by atoms with Crippen molar-refractivity contribution in [2.24, 2.45) is 5.92 Å². The van der Waals surface area contributed by atoms with Gasteiger partial charge in [0, 0.05) is 45.0 Å². The predicted octanol–water partition coefficient (Wildman–Crippen LogP) is 15.6. The molecular formula is C62H45NO. The van der Waals surface area contributed by atoms with Gasteiger partial charge in [0.05, 0.1) is 11.1 Å². The first-order chi connectivity index (χ1) is 31.7. The van der Waals surface area contributed by atoms with E-state index in [-0.39, 0.29) is 17.3 Å². The van der Waals surface area contributed by atoms with Crippen LogP contribution in [-0.4, -0.2) is 0 Å². The Balaban J connectivity index is 1.18. The lowest BCUT2D eigenvalue weighted by atomic mass is 9.66. The molecule has 3 atom stereocenters. The van der Waals surface area contributed by atoms with Crippen molar-refractivity contribution in [1.29, 1.82) is 0 Å². The second-order valence-corrected chi connectivity index (χ2v) is 17.8. The summed E-state index contributed by atoms with van der Waals surface area (Å²) >= 11 is 0. The van der Waals surface area contributed by atoms with Crippen LogP contribution in [-0.2, 0) is 10.8 Å². The summed E-state index contributed by atoms with van der Waals surface area (Å²) in [6.45, 7) is 4.03. The molecular weight excluding hydrogens is 775 g/mol. The molecule has 1 heterocycles. The molecule has 0 N–H and O–H groups in total. The lowest BCUT2D eigenvalue weighted by Crippen LogP contribution is -2.32. The minimum absolute atomic E-state index is 0.139. The molecule has 1 aromatic heterocycles. The van der Waals surface area contributed by atoms with Crippen molar-refractivity contribution in [3.63, 3.8) is 0 Å². The standard InChI is InChI=1S/C62H45NO/c1-2-3-21-41-40-61(50-31-15-10-26-44(41)50)51-32-16-13-30-49(51)58-54(61)35-20-36-55(58)63(43-24-8-5-9-25-43)56-39-38-48-47-29-14-19-37-57(47)64-60(48)59(56)62(42-22-6-4-7-23-42)52-33-17-11-27-45(52)46-28-12-18-34-53(46)62/h2-8,10-24,26-40,49,51H,1,9,25H2/b21-3-. The summed E-state index contributed by atoms with van der Waals surface area (Å²) < 4.78 is 7.32. The zero-order valence-corrected chi connectivity index (χ0v) is 35.5. The van der Waals surface area contributed by atoms with Gasteiger partial charge in [0.15, 0.2) is 0 Å². The van der Waals surface area contributed by atoms with E-state index < -0.39 is 5.41 Å². The van der Waals surface area contributed by atoms with E-state index in [4.69, 9.17) is 4.42 Å². The van der Waals surface area contributed by atoms with E-state index >= 15 is 0 Å². The third kappa shape index (κ3) is 4.91. The molecule has 64 heavy (non-hydrogen) atoms. The lowest BCUT2D eigenvalue weighted by Gasteiger charge is -2.39. The molecule has 7 aromatic carbocycles. The normalized spacial score (nSPS) is 20.6. The predicted molar refractivity (Wildman–Crippen MR) is 265 cm³/mol. The first kappa shape index (κ1) is 36.9. The quantitative estimate of drug-likeness (QED) is 0.149. The van der Waals surface area contributed by atoms with Gasteiger partial charge in [0.2, 0.25) is 0 Å². The second-order valence-electron chi connectivity index (χ2n) is 17.8. The average molecular weight is 820 g/mol. The number of nitrogens with zero attached hydrogens (tertiary/aromatic N) is 1. The maximum Gasteiger partial charge on any atom is 0.142 e. The van der Waals surface area contributed by atoms with Crippen LogP contribution in [0.3, 0.4) is 0 Å². The monoisotopic (exact) mass is 819 g/mol. The minimum Gasteiger partial charge on any atom is -0.456 e. The fraction of sp³-hybridized carbons (Fsp3) is 0.0968. The zero-order chi connectivity index (χ0) is 42.4. The highest BCUT2D eigenvalue weighted by Gasteiger charge is 2.55. The molecule has 3 unspecified atom stereocenters. The van der Waals surface area contributed by atoms with Gasteiger partial charge in [-0.2, -0.15) is 0 Å². The van der Waals surface area contributed by atoms with E-state index in [1.54, 1.807) is 0 Å². The van der Waals surface area contributed by atoms with Crippen LogP contribution in [0.1, 0.15) is 63.3 Å². The van der Waals surface area contributed by atoms with Gasteiger partial charge in [0.1, 0.15) is 11.2 Å². The number of fused-ring (bicyclic) bond motifs is 13. The number of allylic oxidation sites excluding steroid dienone is 13. The molecule has 13 rings (SSSR count). The molecule has 8 aromatic rings. The Hall–Kier alpha value is -7.68. The van der Waals surface area contributed by atoms with Crippen LogP contribution < -0.4 is 4.90 Å². The largest absolute Gasteiger partial charge is 0.456 e. The molecule has 0 saturated carbocycles. The van der Waals surface area contributed by atoms with E-state index in [1.807, 2.05) is 6.08 Å². The molecule has 304 valence electrons. The first-order valence-electron chi connectivity index (χ1n) is 22.7. The molecule has 5 aliphatic rings. The lowest BCUT2D eigenvalue weighted by molar-refractivity contribution is 0.476. The summed E-state index contributed by atoms with van der Waals surface area (Å²) in [5, 5.41) is 2.24. The second kappa shape index (κ2) is 14.2. The number of hydrogen-bond acceptors (Lipinski definition) is 2. The van der Waals surface area contributed by atoms with Crippen molar-refractivity contribution in [2.75, 3.05) is 4.90 Å². The number of para-hydroxylation sites is 1. The topological polar surface area (TPSA) is 16.4 Å². The Morgan fingerprint density at radius 3 is 2.09 bits per heavy atom. The SMILES string of the molecule is C=C/C=C\C1=CC2(c3ccccc31)c1cccc(N(C3=CC=CCC3)c3ccc4c(oc5ccccc54)c3C3(c4ccccc4)c4ccccc4-c4ccccc43)c1C1C=CC=CC12. The Kier molecular flexibility index (Phi) is 8.18. The van der Waals surface area contributed by atoms with Gasteiger partial charge in [-0.15, -0.1) is 0 Å². The fourth-order valence-electron chi connectivity index (χ4n) is 12.5. The summed E-state index contributed by atoms with van der Waals surface area (Å²) in [6, 6.07) is 58.8. The van der Waals surface area contributed by atoms with Crippen molar-refractivity contribution in [3.05, 3.63) is 281 Å². The highest BCUT2D eigenvalue weighted by atomic mass is 16.3. The van der Waals surface area contributed by atoms with E-state index in [1.165, 1.54) is 67.0 Å². The molecule has 0 saturated heterocycles. The van der Waals surface area contributed by atoms with Gasteiger partial charge in [-0.25, -0.2) is 0 Å². The van der Waals surface area contributed by atoms with Crippen LogP contribution in [0.5, 0.6) is 0 Å². The molecule has 1 spiro atoms. The van der Waals surface area contributed by atoms with E-state index in [2.05, 4.69) is 230 Å². The Morgan fingerprint density at radius 1 is 0.609 bits per heavy atom. The van der Waals surface area contributed by atoms with Crippen molar-refractivity contribution in [3.8, 4) is 11.1 Å². The molecule has 0 fully saturated rings. The zero-order valence-electron chi connectivity index (χ0n) is 35.5. The highest BCUT2D eigenvalue weighted by molar-refractivity contribution is 6.09. The van der Waals surface area contributed by atoms with Gasteiger partial charge < -0.3 is 9.32 Å². The molecule has 5 aliphatic carbocycles. The van der Waals surface area contributed by atoms with Crippen LogP contribution in [0.15, 0.2) is 241 Å². The van der Waals surface area contributed by atoms with Gasteiger partial charge in [-0.3, -0.25) is 0 Å². The fourth-order valence-corrected chi connectivity index (χ4v) is 12.5. The maximum absolute atomic E-state index is 7.32. The highest BCUT2D eigenvalue weighted by Crippen LogP contribution is 2.65. The molecule has 0 aliphatic heterocycles. The summed E-state index contributed by atoms with van der Waals surface area (Å²) in [6.07, 6.45) is 27.0. The van der Waals surface area contributed by atoms with Crippen LogP contribution in [0.4, 0.5) is 11.4 Å². The number of benzene rings is 7. The number of furan rings is 1. The smallest absolute Gasteiger partial charge is 0.142 e. The van der Waals surface area contributed by atoms with Gasteiger partial charge in [-0.05, 0) is 98.8 Å². The van der Waals surface area contributed by atoms with Gasteiger partial charge >= 0.3 is 0 Å². The molecule has 0 radical (unpaired) electrons. The number of hydrogen-bond donors (Lipinski definition) is 0. The van der Waals surface area contributed by atoms with Crippen molar-refractivity contribution >= 4 is 38.9 Å². The van der Waals surface area contributed by atoms with Crippen LogP contribution in [0.2, 0.25) is 0 Å². The summed E-state index contributed by atoms with van der Waals surface area (Å²) in [5.41, 5.74) is 18.4. The van der Waals surface area contributed by atoms with Crippen molar-refractivity contribution in [1.82, 2.24) is 0 Å². The Bertz CT molecular complexity index is 3390. The summed E-state index contributed by atoms with van der Waals surface area (Å²) in [4.78, 5) is 2.64.